The fraction of sp³-hybridized carbons (Fsp3) is 0.429. The van der Waals surface area contributed by atoms with Crippen LogP contribution in [0.25, 0.3) is 0 Å². The van der Waals surface area contributed by atoms with E-state index in [9.17, 15) is 9.59 Å². The van der Waals surface area contributed by atoms with E-state index in [1.165, 1.54) is 0 Å². The summed E-state index contributed by atoms with van der Waals surface area (Å²) in [4.78, 5) is 24.8. The van der Waals surface area contributed by atoms with Gasteiger partial charge in [-0.05, 0) is 18.4 Å². The van der Waals surface area contributed by atoms with Crippen molar-refractivity contribution < 1.29 is 14.7 Å². The topological polar surface area (TPSA) is 83.6 Å². The number of carboxylic acid groups (broad SMARTS) is 1. The third kappa shape index (κ3) is 3.12. The minimum atomic E-state index is -0.842. The van der Waals surface area contributed by atoms with Gasteiger partial charge in [0.05, 0.1) is 5.92 Å². The molecule has 102 valence electrons. The van der Waals surface area contributed by atoms with Gasteiger partial charge in [-0.15, -0.1) is 0 Å². The van der Waals surface area contributed by atoms with Crippen LogP contribution < -0.4 is 5.73 Å². The number of carboxylic acids is 1. The lowest BCUT2D eigenvalue weighted by molar-refractivity contribution is -0.146. The summed E-state index contributed by atoms with van der Waals surface area (Å²) in [5.41, 5.74) is 6.71. The van der Waals surface area contributed by atoms with Crippen molar-refractivity contribution in [2.45, 2.75) is 18.9 Å². The number of carbonyl (C=O) groups excluding carboxylic acids is 1. The zero-order valence-corrected chi connectivity index (χ0v) is 10.7. The van der Waals surface area contributed by atoms with Crippen LogP contribution in [0.2, 0.25) is 0 Å². The Hall–Kier alpha value is -1.88. The standard InChI is InChI=1S/C14H18N2O3/c15-12(10-5-2-1-3-6-10)13(17)16-8-4-7-11(9-16)14(18)19/h1-3,5-6,11-12H,4,7-9,15H2,(H,18,19)/t11-,12+/m0/s1. The molecule has 2 atom stereocenters. The Bertz CT molecular complexity index is 461. The summed E-state index contributed by atoms with van der Waals surface area (Å²) < 4.78 is 0. The van der Waals surface area contributed by atoms with Crippen molar-refractivity contribution in [2.24, 2.45) is 11.7 Å². The SMILES string of the molecule is N[C@@H](C(=O)N1CCC[C@H](C(=O)O)C1)c1ccccc1. The Morgan fingerprint density at radius 3 is 2.63 bits per heavy atom. The molecule has 1 aromatic rings. The monoisotopic (exact) mass is 262 g/mol. The summed E-state index contributed by atoms with van der Waals surface area (Å²) in [6.45, 7) is 0.845. The third-order valence-corrected chi connectivity index (χ3v) is 3.51. The first kappa shape index (κ1) is 13.5. The third-order valence-electron chi connectivity index (χ3n) is 3.51. The van der Waals surface area contributed by atoms with Crippen molar-refractivity contribution in [3.8, 4) is 0 Å². The summed E-state index contributed by atoms with van der Waals surface area (Å²) in [5, 5.41) is 9.02. The van der Waals surface area contributed by atoms with Crippen LogP contribution in [0.1, 0.15) is 24.4 Å². The molecule has 0 bridgehead atoms. The average Bonchev–Trinajstić information content (AvgIpc) is 2.46. The fourth-order valence-electron chi connectivity index (χ4n) is 2.38. The molecule has 1 aliphatic rings. The van der Waals surface area contributed by atoms with E-state index >= 15 is 0 Å². The van der Waals surface area contributed by atoms with Gasteiger partial charge in [0.25, 0.3) is 0 Å². The van der Waals surface area contributed by atoms with Crippen LogP contribution in [0, 0.1) is 5.92 Å². The number of nitrogens with zero attached hydrogens (tertiary/aromatic N) is 1. The van der Waals surface area contributed by atoms with Crippen LogP contribution in [0.5, 0.6) is 0 Å². The lowest BCUT2D eigenvalue weighted by Gasteiger charge is -2.32. The van der Waals surface area contributed by atoms with Crippen LogP contribution in [-0.2, 0) is 9.59 Å². The molecule has 2 rings (SSSR count). The molecule has 0 saturated carbocycles. The first-order valence-corrected chi connectivity index (χ1v) is 6.41. The van der Waals surface area contributed by atoms with Crippen LogP contribution in [0.15, 0.2) is 30.3 Å². The molecule has 5 heteroatoms. The fourth-order valence-corrected chi connectivity index (χ4v) is 2.38. The lowest BCUT2D eigenvalue weighted by atomic mass is 9.97. The normalized spacial score (nSPS) is 20.9. The van der Waals surface area contributed by atoms with Crippen molar-refractivity contribution in [1.29, 1.82) is 0 Å². The van der Waals surface area contributed by atoms with Crippen molar-refractivity contribution >= 4 is 11.9 Å². The first-order chi connectivity index (χ1) is 9.09. The van der Waals surface area contributed by atoms with Crippen molar-refractivity contribution in [1.82, 2.24) is 4.90 Å². The summed E-state index contributed by atoms with van der Waals surface area (Å²) in [6, 6.07) is 8.43. The van der Waals surface area contributed by atoms with Gasteiger partial charge < -0.3 is 15.7 Å². The summed E-state index contributed by atoms with van der Waals surface area (Å²) in [5.74, 6) is -1.51. The summed E-state index contributed by atoms with van der Waals surface area (Å²) in [6.07, 6.45) is 1.34. The van der Waals surface area contributed by atoms with Gasteiger partial charge in [0.15, 0.2) is 0 Å². The van der Waals surface area contributed by atoms with Gasteiger partial charge in [-0.2, -0.15) is 0 Å². The Kier molecular flexibility index (Phi) is 4.16. The van der Waals surface area contributed by atoms with Gasteiger partial charge in [0.2, 0.25) is 5.91 Å². The van der Waals surface area contributed by atoms with E-state index in [4.69, 9.17) is 10.8 Å². The van der Waals surface area contributed by atoms with Gasteiger partial charge in [-0.3, -0.25) is 9.59 Å². The Morgan fingerprint density at radius 1 is 1.32 bits per heavy atom. The number of carbonyl (C=O) groups is 2. The van der Waals surface area contributed by atoms with Crippen LogP contribution >= 0.6 is 0 Å². The molecule has 3 N–H and O–H groups in total. The second-order valence-electron chi connectivity index (χ2n) is 4.85. The highest BCUT2D eigenvalue weighted by Crippen LogP contribution is 2.20. The first-order valence-electron chi connectivity index (χ1n) is 6.41. The Labute approximate surface area is 112 Å². The number of rotatable bonds is 3. The molecule has 19 heavy (non-hydrogen) atoms. The molecular formula is C14H18N2O3. The number of hydrogen-bond acceptors (Lipinski definition) is 3. The molecule has 1 amide bonds. The molecule has 1 aliphatic heterocycles. The molecule has 0 radical (unpaired) electrons. The maximum absolute atomic E-state index is 12.3. The van der Waals surface area contributed by atoms with E-state index in [1.54, 1.807) is 17.0 Å². The van der Waals surface area contributed by atoms with Gasteiger partial charge >= 0.3 is 5.97 Å². The molecule has 1 heterocycles. The molecule has 0 spiro atoms. The highest BCUT2D eigenvalue weighted by Gasteiger charge is 2.30. The highest BCUT2D eigenvalue weighted by molar-refractivity contribution is 5.84. The highest BCUT2D eigenvalue weighted by atomic mass is 16.4. The van der Waals surface area contributed by atoms with Gasteiger partial charge in [0, 0.05) is 13.1 Å². The van der Waals surface area contributed by atoms with Gasteiger partial charge in [0.1, 0.15) is 6.04 Å². The molecular weight excluding hydrogens is 244 g/mol. The number of amides is 1. The Balaban J connectivity index is 2.05. The lowest BCUT2D eigenvalue weighted by Crippen LogP contribution is -2.46. The molecule has 1 saturated heterocycles. The maximum Gasteiger partial charge on any atom is 0.308 e. The largest absolute Gasteiger partial charge is 0.481 e. The number of nitrogens with two attached hydrogens (primary N) is 1. The molecule has 1 aromatic carbocycles. The number of piperidine rings is 1. The number of hydrogen-bond donors (Lipinski definition) is 2. The maximum atomic E-state index is 12.3. The quantitative estimate of drug-likeness (QED) is 0.851. The Morgan fingerprint density at radius 2 is 2.00 bits per heavy atom. The molecule has 0 aromatic heterocycles. The second kappa shape index (κ2) is 5.84. The minimum absolute atomic E-state index is 0.197. The van der Waals surface area contributed by atoms with Crippen molar-refractivity contribution in [2.75, 3.05) is 13.1 Å². The average molecular weight is 262 g/mol. The molecule has 0 unspecified atom stereocenters. The van der Waals surface area contributed by atoms with E-state index in [0.717, 1.165) is 5.56 Å². The van der Waals surface area contributed by atoms with Crippen LogP contribution in [0.3, 0.4) is 0 Å². The summed E-state index contributed by atoms with van der Waals surface area (Å²) in [7, 11) is 0. The smallest absolute Gasteiger partial charge is 0.308 e. The number of aliphatic carboxylic acids is 1. The van der Waals surface area contributed by atoms with Gasteiger partial charge in [-0.25, -0.2) is 0 Å². The summed E-state index contributed by atoms with van der Waals surface area (Å²) >= 11 is 0. The number of benzene rings is 1. The predicted octanol–water partition coefficient (Wildman–Crippen LogP) is 1.01. The van der Waals surface area contributed by atoms with E-state index in [2.05, 4.69) is 0 Å². The molecule has 1 fully saturated rings. The van der Waals surface area contributed by atoms with Crippen LogP contribution in [-0.4, -0.2) is 35.0 Å². The molecule has 0 aliphatic carbocycles. The molecule has 5 nitrogen and oxygen atoms in total. The van der Waals surface area contributed by atoms with Gasteiger partial charge in [-0.1, -0.05) is 30.3 Å². The number of likely N-dealkylation sites (tertiary alicyclic amines) is 1. The second-order valence-corrected chi connectivity index (χ2v) is 4.85. The minimum Gasteiger partial charge on any atom is -0.481 e. The zero-order chi connectivity index (χ0) is 13.8. The van der Waals surface area contributed by atoms with E-state index in [-0.39, 0.29) is 12.5 Å². The predicted molar refractivity (Wildman–Crippen MR) is 70.3 cm³/mol. The van der Waals surface area contributed by atoms with E-state index < -0.39 is 17.9 Å². The van der Waals surface area contributed by atoms with Crippen molar-refractivity contribution in [3.63, 3.8) is 0 Å². The van der Waals surface area contributed by atoms with Crippen molar-refractivity contribution in [3.05, 3.63) is 35.9 Å². The van der Waals surface area contributed by atoms with E-state index in [1.807, 2.05) is 18.2 Å². The zero-order valence-electron chi connectivity index (χ0n) is 10.7. The van der Waals surface area contributed by atoms with E-state index in [0.29, 0.717) is 19.4 Å². The van der Waals surface area contributed by atoms with Crippen LogP contribution in [0.4, 0.5) is 0 Å².